The highest BCUT2D eigenvalue weighted by Crippen LogP contribution is 2.54. The van der Waals surface area contributed by atoms with E-state index >= 15 is 0 Å². The topological polar surface area (TPSA) is 97.4 Å². The predicted molar refractivity (Wildman–Crippen MR) is 111 cm³/mol. The van der Waals surface area contributed by atoms with Crippen molar-refractivity contribution in [3.05, 3.63) is 78.1 Å². The van der Waals surface area contributed by atoms with E-state index in [-0.39, 0.29) is 11.8 Å². The molecule has 0 radical (unpaired) electrons. The monoisotopic (exact) mass is 413 g/mol. The van der Waals surface area contributed by atoms with Crippen LogP contribution in [0.4, 0.5) is 5.69 Å². The van der Waals surface area contributed by atoms with Crippen molar-refractivity contribution in [1.29, 1.82) is 0 Å². The predicted octanol–water partition coefficient (Wildman–Crippen LogP) is 1.94. The third-order valence-corrected chi connectivity index (χ3v) is 6.34. The van der Waals surface area contributed by atoms with Gasteiger partial charge in [-0.05, 0) is 24.1 Å². The number of aryl methyl sites for hydroxylation is 1. The summed E-state index contributed by atoms with van der Waals surface area (Å²) in [5.41, 5.74) is 1.97. The average molecular weight is 413 g/mol. The lowest BCUT2D eigenvalue weighted by Crippen LogP contribution is -2.42. The van der Waals surface area contributed by atoms with Gasteiger partial charge in [0.1, 0.15) is 11.1 Å². The summed E-state index contributed by atoms with van der Waals surface area (Å²) in [6, 6.07) is 9.00. The highest BCUT2D eigenvalue weighted by atomic mass is 16.2. The minimum absolute atomic E-state index is 0.0884. The molecule has 9 nitrogen and oxygen atoms in total. The lowest BCUT2D eigenvalue weighted by atomic mass is 9.73. The van der Waals surface area contributed by atoms with Gasteiger partial charge in [-0.1, -0.05) is 18.2 Å². The molecule has 9 heteroatoms. The Kier molecular flexibility index (Phi) is 3.59. The van der Waals surface area contributed by atoms with Crippen LogP contribution in [0.2, 0.25) is 0 Å². The molecule has 3 aromatic heterocycles. The lowest BCUT2D eigenvalue weighted by molar-refractivity contribution is -0.121. The molecule has 154 valence electrons. The molecule has 6 rings (SSSR count). The van der Waals surface area contributed by atoms with Gasteiger partial charge in [-0.15, -0.1) is 0 Å². The summed E-state index contributed by atoms with van der Waals surface area (Å²) in [5, 5.41) is 7.34. The third kappa shape index (κ3) is 2.40. The molecule has 1 spiro atoms. The van der Waals surface area contributed by atoms with Crippen molar-refractivity contribution in [3.8, 4) is 0 Å². The summed E-state index contributed by atoms with van der Waals surface area (Å²) in [6.07, 6.45) is 9.25. The number of amides is 2. The molecular weight excluding hydrogens is 394 g/mol. The second kappa shape index (κ2) is 6.24. The molecule has 0 aliphatic carbocycles. The van der Waals surface area contributed by atoms with Crippen LogP contribution in [-0.4, -0.2) is 47.4 Å². The first-order valence-electron chi connectivity index (χ1n) is 10.1. The van der Waals surface area contributed by atoms with E-state index in [1.807, 2.05) is 37.5 Å². The Morgan fingerprint density at radius 2 is 2.10 bits per heavy atom. The quantitative estimate of drug-likeness (QED) is 0.542. The number of nitrogens with zero attached hydrogens (tertiary/aromatic N) is 6. The van der Waals surface area contributed by atoms with E-state index in [2.05, 4.69) is 20.4 Å². The Morgan fingerprint density at radius 3 is 2.90 bits per heavy atom. The number of fused-ring (bicyclic) bond motifs is 3. The van der Waals surface area contributed by atoms with Crippen LogP contribution < -0.4 is 5.32 Å². The van der Waals surface area contributed by atoms with Gasteiger partial charge in [0.25, 0.3) is 5.91 Å². The van der Waals surface area contributed by atoms with Gasteiger partial charge < -0.3 is 10.2 Å². The summed E-state index contributed by atoms with van der Waals surface area (Å²) in [6.45, 7) is 0.432. The van der Waals surface area contributed by atoms with Crippen molar-refractivity contribution in [2.75, 3.05) is 11.9 Å². The number of hydrogen-bond donors (Lipinski definition) is 1. The second-order valence-corrected chi connectivity index (χ2v) is 8.02. The molecule has 2 aliphatic rings. The standard InChI is InChI=1S/C22H19N7O2/c1-27-12-14(11-24-27)18-22(15-5-2-3-6-16(15)25-20(22)31)7-10-29(18)19(30)17-13-28-9-4-8-23-21(28)26-17/h2-6,8-9,11-13,18H,7,10H2,1H3,(H,25,31). The Bertz CT molecular complexity index is 1320. The van der Waals surface area contributed by atoms with Crippen molar-refractivity contribution in [2.45, 2.75) is 17.9 Å². The van der Waals surface area contributed by atoms with Crippen molar-refractivity contribution in [3.63, 3.8) is 0 Å². The van der Waals surface area contributed by atoms with Crippen LogP contribution in [-0.2, 0) is 17.3 Å². The molecule has 2 aliphatic heterocycles. The van der Waals surface area contributed by atoms with Gasteiger partial charge in [-0.25, -0.2) is 9.97 Å². The number of rotatable bonds is 2. The Balaban J connectivity index is 1.50. The molecule has 5 heterocycles. The van der Waals surface area contributed by atoms with Crippen LogP contribution in [0.25, 0.3) is 5.78 Å². The van der Waals surface area contributed by atoms with Gasteiger partial charge in [0.05, 0.1) is 12.2 Å². The maximum atomic E-state index is 13.6. The van der Waals surface area contributed by atoms with E-state index in [0.29, 0.717) is 24.4 Å². The molecule has 2 unspecified atom stereocenters. The van der Waals surface area contributed by atoms with Crippen LogP contribution in [0.5, 0.6) is 0 Å². The molecule has 1 N–H and O–H groups in total. The SMILES string of the molecule is Cn1cc(C2N(C(=O)c3cn4cccnc4n3)CCC23C(=O)Nc2ccccc23)cn1. The van der Waals surface area contributed by atoms with Crippen molar-refractivity contribution in [2.24, 2.45) is 7.05 Å². The Morgan fingerprint density at radius 1 is 1.23 bits per heavy atom. The van der Waals surface area contributed by atoms with E-state index in [1.165, 1.54) is 0 Å². The number of likely N-dealkylation sites (tertiary alicyclic amines) is 1. The summed E-state index contributed by atoms with van der Waals surface area (Å²) in [4.78, 5) is 37.4. The minimum atomic E-state index is -0.868. The van der Waals surface area contributed by atoms with Crippen LogP contribution in [0.1, 0.15) is 34.1 Å². The first kappa shape index (κ1) is 17.8. The van der Waals surface area contributed by atoms with Crippen molar-refractivity contribution >= 4 is 23.3 Å². The van der Waals surface area contributed by atoms with Crippen LogP contribution in [0, 0.1) is 0 Å². The average Bonchev–Trinajstić information content (AvgIpc) is 3.53. The molecule has 0 bridgehead atoms. The summed E-state index contributed by atoms with van der Waals surface area (Å²) in [7, 11) is 1.83. The van der Waals surface area contributed by atoms with E-state index in [4.69, 9.17) is 0 Å². The van der Waals surface area contributed by atoms with Crippen molar-refractivity contribution < 1.29 is 9.59 Å². The Labute approximate surface area is 177 Å². The van der Waals surface area contributed by atoms with E-state index in [1.54, 1.807) is 44.8 Å². The number of imidazole rings is 1. The van der Waals surface area contributed by atoms with E-state index < -0.39 is 11.5 Å². The van der Waals surface area contributed by atoms with Gasteiger partial charge in [0, 0.05) is 49.6 Å². The molecule has 1 fully saturated rings. The van der Waals surface area contributed by atoms with Gasteiger partial charge >= 0.3 is 0 Å². The first-order valence-corrected chi connectivity index (χ1v) is 10.1. The minimum Gasteiger partial charge on any atom is -0.329 e. The molecular formula is C22H19N7O2. The molecule has 0 saturated carbocycles. The summed E-state index contributed by atoms with van der Waals surface area (Å²) in [5.74, 6) is 0.143. The molecule has 1 aromatic carbocycles. The van der Waals surface area contributed by atoms with Gasteiger partial charge in [0.2, 0.25) is 11.7 Å². The van der Waals surface area contributed by atoms with Crippen LogP contribution in [0.3, 0.4) is 0 Å². The number of aromatic nitrogens is 5. The highest BCUT2D eigenvalue weighted by Gasteiger charge is 2.59. The number of benzene rings is 1. The molecule has 4 aromatic rings. The number of hydrogen-bond acceptors (Lipinski definition) is 5. The van der Waals surface area contributed by atoms with E-state index in [9.17, 15) is 9.59 Å². The van der Waals surface area contributed by atoms with Crippen molar-refractivity contribution in [1.82, 2.24) is 29.0 Å². The fraction of sp³-hybridized carbons (Fsp3) is 0.227. The normalized spacial score (nSPS) is 22.3. The zero-order valence-corrected chi connectivity index (χ0v) is 16.8. The number of anilines is 1. The Hall–Kier alpha value is -4.01. The fourth-order valence-corrected chi connectivity index (χ4v) is 5.03. The summed E-state index contributed by atoms with van der Waals surface area (Å²) >= 11 is 0. The molecule has 2 amide bonds. The maximum absolute atomic E-state index is 13.6. The van der Waals surface area contributed by atoms with Crippen LogP contribution >= 0.6 is 0 Å². The highest BCUT2D eigenvalue weighted by molar-refractivity contribution is 6.08. The first-order chi connectivity index (χ1) is 15.1. The number of carbonyl (C=O) groups is 2. The number of para-hydroxylation sites is 1. The lowest BCUT2D eigenvalue weighted by Gasteiger charge is -2.33. The summed E-state index contributed by atoms with van der Waals surface area (Å²) < 4.78 is 3.41. The molecule has 2 atom stereocenters. The molecule has 1 saturated heterocycles. The zero-order chi connectivity index (χ0) is 21.2. The fourth-order valence-electron chi connectivity index (χ4n) is 5.03. The largest absolute Gasteiger partial charge is 0.329 e. The van der Waals surface area contributed by atoms with Gasteiger partial charge in [-0.3, -0.25) is 18.7 Å². The third-order valence-electron chi connectivity index (χ3n) is 6.34. The second-order valence-electron chi connectivity index (χ2n) is 8.02. The molecule has 31 heavy (non-hydrogen) atoms. The maximum Gasteiger partial charge on any atom is 0.274 e. The zero-order valence-electron chi connectivity index (χ0n) is 16.8. The smallest absolute Gasteiger partial charge is 0.274 e. The van der Waals surface area contributed by atoms with E-state index in [0.717, 1.165) is 16.8 Å². The number of carbonyl (C=O) groups excluding carboxylic acids is 2. The van der Waals surface area contributed by atoms with Gasteiger partial charge in [0.15, 0.2) is 0 Å². The van der Waals surface area contributed by atoms with Crippen LogP contribution in [0.15, 0.2) is 61.3 Å². The van der Waals surface area contributed by atoms with Gasteiger partial charge in [-0.2, -0.15) is 5.10 Å². The number of nitrogens with one attached hydrogen (secondary N) is 1.